The SMILES string of the molecule is CC(C)N(C(=O)/C(C#N)=C/c1ccc(C#N)cc1)c1ccc2[nH]c(=S)sc2c1. The second-order valence-corrected chi connectivity index (χ2v) is 8.09. The molecule has 0 aliphatic rings. The van der Waals surface area contributed by atoms with Gasteiger partial charge in [-0.2, -0.15) is 10.5 Å². The molecule has 1 N–H and O–H groups in total. The van der Waals surface area contributed by atoms with Gasteiger partial charge in [0.2, 0.25) is 0 Å². The van der Waals surface area contributed by atoms with E-state index in [1.165, 1.54) is 17.4 Å². The highest BCUT2D eigenvalue weighted by atomic mass is 32.1. The van der Waals surface area contributed by atoms with Gasteiger partial charge in [-0.3, -0.25) is 4.79 Å². The molecule has 0 unspecified atom stereocenters. The van der Waals surface area contributed by atoms with E-state index >= 15 is 0 Å². The van der Waals surface area contributed by atoms with Gasteiger partial charge in [-0.1, -0.05) is 12.1 Å². The van der Waals surface area contributed by atoms with E-state index in [1.807, 2.05) is 44.2 Å². The summed E-state index contributed by atoms with van der Waals surface area (Å²) in [5.41, 5.74) is 2.86. The molecule has 1 aromatic heterocycles. The maximum absolute atomic E-state index is 13.1. The highest BCUT2D eigenvalue weighted by Gasteiger charge is 2.23. The number of amides is 1. The highest BCUT2D eigenvalue weighted by Crippen LogP contribution is 2.28. The Bertz CT molecular complexity index is 1200. The molecule has 0 saturated carbocycles. The fourth-order valence-electron chi connectivity index (χ4n) is 2.83. The lowest BCUT2D eigenvalue weighted by atomic mass is 10.1. The van der Waals surface area contributed by atoms with Gasteiger partial charge in [-0.05, 0) is 68.0 Å². The third-order valence-corrected chi connectivity index (χ3v) is 5.32. The van der Waals surface area contributed by atoms with E-state index in [9.17, 15) is 10.1 Å². The molecule has 138 valence electrons. The lowest BCUT2D eigenvalue weighted by Gasteiger charge is -2.26. The third-order valence-electron chi connectivity index (χ3n) is 4.12. The fourth-order valence-corrected chi connectivity index (χ4v) is 3.97. The van der Waals surface area contributed by atoms with Gasteiger partial charge in [-0.15, -0.1) is 11.3 Å². The number of rotatable bonds is 4. The summed E-state index contributed by atoms with van der Waals surface area (Å²) in [5, 5.41) is 18.5. The number of aromatic amines is 1. The largest absolute Gasteiger partial charge is 0.337 e. The van der Waals surface area contributed by atoms with Crippen molar-refractivity contribution in [3.05, 3.63) is 63.1 Å². The molecule has 2 aromatic carbocycles. The maximum Gasteiger partial charge on any atom is 0.269 e. The van der Waals surface area contributed by atoms with Crippen LogP contribution < -0.4 is 4.90 Å². The molecule has 28 heavy (non-hydrogen) atoms. The Morgan fingerprint density at radius 2 is 1.93 bits per heavy atom. The number of carbonyl (C=O) groups is 1. The second kappa shape index (κ2) is 8.18. The highest BCUT2D eigenvalue weighted by molar-refractivity contribution is 7.73. The molecule has 1 heterocycles. The second-order valence-electron chi connectivity index (χ2n) is 6.37. The zero-order chi connectivity index (χ0) is 20.3. The Labute approximate surface area is 171 Å². The van der Waals surface area contributed by atoms with Crippen molar-refractivity contribution in [2.75, 3.05) is 4.90 Å². The molecule has 3 rings (SSSR count). The number of hydrogen-bond donors (Lipinski definition) is 1. The first-order valence-electron chi connectivity index (χ1n) is 8.51. The molecule has 5 nitrogen and oxygen atoms in total. The summed E-state index contributed by atoms with van der Waals surface area (Å²) >= 11 is 6.63. The molecule has 0 radical (unpaired) electrons. The molecular formula is C21H16N4OS2. The van der Waals surface area contributed by atoms with E-state index in [0.29, 0.717) is 20.8 Å². The van der Waals surface area contributed by atoms with E-state index in [0.717, 1.165) is 10.2 Å². The van der Waals surface area contributed by atoms with Crippen LogP contribution in [0.2, 0.25) is 0 Å². The van der Waals surface area contributed by atoms with E-state index in [1.54, 1.807) is 29.2 Å². The van der Waals surface area contributed by atoms with Crippen molar-refractivity contribution in [1.29, 1.82) is 10.5 Å². The van der Waals surface area contributed by atoms with Crippen LogP contribution in [-0.2, 0) is 4.79 Å². The molecule has 0 fully saturated rings. The molecule has 3 aromatic rings. The molecule has 1 amide bonds. The molecule has 0 aliphatic heterocycles. The summed E-state index contributed by atoms with van der Waals surface area (Å²) in [5.74, 6) is -0.375. The van der Waals surface area contributed by atoms with Crippen molar-refractivity contribution < 1.29 is 4.79 Å². The fraction of sp³-hybridized carbons (Fsp3) is 0.143. The van der Waals surface area contributed by atoms with E-state index in [4.69, 9.17) is 17.5 Å². The van der Waals surface area contributed by atoms with Gasteiger partial charge < -0.3 is 9.88 Å². The number of nitrogens with zero attached hydrogens (tertiary/aromatic N) is 3. The number of nitriles is 2. The number of anilines is 1. The third kappa shape index (κ3) is 4.01. The zero-order valence-corrected chi connectivity index (χ0v) is 16.9. The van der Waals surface area contributed by atoms with Crippen LogP contribution in [0.3, 0.4) is 0 Å². The minimum atomic E-state index is -0.375. The summed E-state index contributed by atoms with van der Waals surface area (Å²) in [7, 11) is 0. The van der Waals surface area contributed by atoms with Gasteiger partial charge in [-0.25, -0.2) is 0 Å². The lowest BCUT2D eigenvalue weighted by molar-refractivity contribution is -0.115. The molecule has 0 atom stereocenters. The van der Waals surface area contributed by atoms with Crippen LogP contribution in [0, 0.1) is 26.6 Å². The first kappa shape index (κ1) is 19.5. The van der Waals surface area contributed by atoms with Gasteiger partial charge >= 0.3 is 0 Å². The van der Waals surface area contributed by atoms with Crippen molar-refractivity contribution in [3.63, 3.8) is 0 Å². The summed E-state index contributed by atoms with van der Waals surface area (Å²) in [4.78, 5) is 17.8. The number of carbonyl (C=O) groups excluding carboxylic acids is 1. The van der Waals surface area contributed by atoms with Gasteiger partial charge in [0.25, 0.3) is 5.91 Å². The van der Waals surface area contributed by atoms with Gasteiger partial charge in [0.05, 0.1) is 21.8 Å². The van der Waals surface area contributed by atoms with Crippen LogP contribution in [0.4, 0.5) is 5.69 Å². The Morgan fingerprint density at radius 1 is 1.21 bits per heavy atom. The number of thiazole rings is 1. The molecule has 0 bridgehead atoms. The predicted molar refractivity (Wildman–Crippen MR) is 114 cm³/mol. The standard InChI is InChI=1S/C21H16N4OS2/c1-13(2)25(17-7-8-18-19(10-17)28-21(27)24-18)20(26)16(12-23)9-14-3-5-15(11-22)6-4-14/h3-10,13H,1-2H3,(H,24,27)/b16-9+. The number of aromatic nitrogens is 1. The smallest absolute Gasteiger partial charge is 0.269 e. The monoisotopic (exact) mass is 404 g/mol. The van der Waals surface area contributed by atoms with Gasteiger partial charge in [0.1, 0.15) is 11.6 Å². The van der Waals surface area contributed by atoms with Crippen LogP contribution in [0.1, 0.15) is 25.0 Å². The van der Waals surface area contributed by atoms with Gasteiger partial charge in [0, 0.05) is 11.7 Å². The van der Waals surface area contributed by atoms with Crippen molar-refractivity contribution in [1.82, 2.24) is 4.98 Å². The summed E-state index contributed by atoms with van der Waals surface area (Å²) in [6.45, 7) is 3.80. The minimum Gasteiger partial charge on any atom is -0.337 e. The van der Waals surface area contributed by atoms with E-state index < -0.39 is 0 Å². The summed E-state index contributed by atoms with van der Waals surface area (Å²) < 4.78 is 1.63. The zero-order valence-electron chi connectivity index (χ0n) is 15.3. The number of nitrogens with one attached hydrogen (secondary N) is 1. The molecule has 0 saturated heterocycles. The predicted octanol–water partition coefficient (Wildman–Crippen LogP) is 5.18. The molecule has 7 heteroatoms. The topological polar surface area (TPSA) is 83.7 Å². The van der Waals surface area contributed by atoms with Crippen molar-refractivity contribution in [2.45, 2.75) is 19.9 Å². The summed E-state index contributed by atoms with van der Waals surface area (Å²) in [6.07, 6.45) is 1.54. The average Bonchev–Trinajstić information content (AvgIpc) is 3.05. The average molecular weight is 405 g/mol. The Hall–Kier alpha value is -3.26. The lowest BCUT2D eigenvalue weighted by Crippen LogP contribution is -2.37. The number of fused-ring (bicyclic) bond motifs is 1. The van der Waals surface area contributed by atoms with Crippen LogP contribution in [0.5, 0.6) is 0 Å². The normalized spacial score (nSPS) is 11.2. The number of hydrogen-bond acceptors (Lipinski definition) is 5. The van der Waals surface area contributed by atoms with E-state index in [2.05, 4.69) is 4.98 Å². The van der Waals surface area contributed by atoms with Crippen LogP contribution in [-0.4, -0.2) is 16.9 Å². The van der Waals surface area contributed by atoms with Gasteiger partial charge in [0.15, 0.2) is 3.95 Å². The number of benzene rings is 2. The maximum atomic E-state index is 13.1. The van der Waals surface area contributed by atoms with Crippen molar-refractivity contribution in [2.24, 2.45) is 0 Å². The van der Waals surface area contributed by atoms with Crippen molar-refractivity contribution >= 4 is 51.4 Å². The Morgan fingerprint density at radius 3 is 2.54 bits per heavy atom. The molecule has 0 aliphatic carbocycles. The summed E-state index contributed by atoms with van der Waals surface area (Å²) in [6, 6.07) is 16.3. The Balaban J connectivity index is 2.00. The first-order chi connectivity index (χ1) is 13.4. The minimum absolute atomic E-state index is 0.0280. The van der Waals surface area contributed by atoms with Crippen LogP contribution >= 0.6 is 23.6 Å². The van der Waals surface area contributed by atoms with Crippen LogP contribution in [0.25, 0.3) is 16.3 Å². The molecular weight excluding hydrogens is 388 g/mol. The quantitative estimate of drug-likeness (QED) is 0.369. The van der Waals surface area contributed by atoms with Crippen LogP contribution in [0.15, 0.2) is 48.0 Å². The number of H-pyrrole nitrogens is 1. The van der Waals surface area contributed by atoms with Crippen molar-refractivity contribution in [3.8, 4) is 12.1 Å². The van der Waals surface area contributed by atoms with E-state index in [-0.39, 0.29) is 17.5 Å². The molecule has 0 spiro atoms. The first-order valence-corrected chi connectivity index (χ1v) is 9.74. The Kier molecular flexibility index (Phi) is 5.70.